The van der Waals surface area contributed by atoms with Gasteiger partial charge in [-0.05, 0) is 54.2 Å². The molecule has 0 N–H and O–H groups in total. The summed E-state index contributed by atoms with van der Waals surface area (Å²) in [6, 6.07) is 18.9. The molecule has 0 unspecified atom stereocenters. The van der Waals surface area contributed by atoms with Crippen molar-refractivity contribution in [3.8, 4) is 0 Å². The van der Waals surface area contributed by atoms with Crippen LogP contribution in [0, 0.1) is 10.1 Å². The summed E-state index contributed by atoms with van der Waals surface area (Å²) in [7, 11) is 0. The van der Waals surface area contributed by atoms with E-state index in [4.69, 9.17) is 16.3 Å². The molecule has 0 aliphatic heterocycles. The number of hydrogen-bond donors (Lipinski definition) is 0. The minimum Gasteiger partial charge on any atom is -0.461 e. The molecule has 1 aliphatic carbocycles. The van der Waals surface area contributed by atoms with Gasteiger partial charge in [-0.25, -0.2) is 0 Å². The number of fused-ring (bicyclic) bond motifs is 1. The zero-order valence-corrected chi connectivity index (χ0v) is 18.0. The van der Waals surface area contributed by atoms with Gasteiger partial charge >= 0.3 is 5.97 Å². The Bertz CT molecular complexity index is 1130. The fraction of sp³-hybridized carbons (Fsp3) is 0.320. The smallest absolute Gasteiger partial charge is 0.313 e. The van der Waals surface area contributed by atoms with Crippen molar-refractivity contribution in [1.29, 1.82) is 0 Å². The maximum absolute atomic E-state index is 13.0. The van der Waals surface area contributed by atoms with Gasteiger partial charge < -0.3 is 4.74 Å². The molecule has 3 aromatic carbocycles. The Balaban J connectivity index is 1.53. The average molecular weight is 438 g/mol. The number of rotatable bonds is 5. The van der Waals surface area contributed by atoms with Crippen LogP contribution in [-0.2, 0) is 9.53 Å². The third kappa shape index (κ3) is 4.57. The average Bonchev–Trinajstić information content (AvgIpc) is 2.78. The Labute approximate surface area is 186 Å². The standard InChI is InChI=1S/C25H24ClNO4/c1-16(21-13-12-20(27(29)30)15-23(21)26)25(28)31-24-9-5-4-8-22(24)19-11-10-17-6-2-3-7-18(17)14-19/h2-3,6-7,10-16,22,24H,4-5,8-9H2,1H3/t16-,22-,24+/m0/s1. The second kappa shape index (κ2) is 9.06. The molecule has 0 heterocycles. The van der Waals surface area contributed by atoms with Crippen LogP contribution in [0.1, 0.15) is 55.6 Å². The molecular formula is C25H24ClNO4. The molecule has 5 nitrogen and oxygen atoms in total. The number of esters is 1. The number of carbonyl (C=O) groups excluding carboxylic acids is 1. The molecule has 1 fully saturated rings. The Kier molecular flexibility index (Phi) is 6.23. The Morgan fingerprint density at radius 2 is 1.81 bits per heavy atom. The summed E-state index contributed by atoms with van der Waals surface area (Å²) in [6.45, 7) is 1.73. The third-order valence-electron chi connectivity index (χ3n) is 6.19. The van der Waals surface area contributed by atoms with Crippen LogP contribution in [0.2, 0.25) is 5.02 Å². The van der Waals surface area contributed by atoms with E-state index in [2.05, 4.69) is 30.3 Å². The molecule has 31 heavy (non-hydrogen) atoms. The number of halogens is 1. The number of nitro benzene ring substituents is 1. The van der Waals surface area contributed by atoms with Crippen molar-refractivity contribution in [2.45, 2.75) is 50.5 Å². The molecule has 4 rings (SSSR count). The summed E-state index contributed by atoms with van der Waals surface area (Å²) in [6.07, 6.45) is 3.73. The van der Waals surface area contributed by atoms with E-state index in [9.17, 15) is 14.9 Å². The van der Waals surface area contributed by atoms with Gasteiger partial charge in [0.05, 0.1) is 15.9 Å². The molecule has 0 bridgehead atoms. The van der Waals surface area contributed by atoms with Gasteiger partial charge in [-0.3, -0.25) is 14.9 Å². The van der Waals surface area contributed by atoms with Crippen LogP contribution in [0.3, 0.4) is 0 Å². The molecule has 1 aliphatic rings. The Hall–Kier alpha value is -2.92. The van der Waals surface area contributed by atoms with Crippen molar-refractivity contribution in [2.24, 2.45) is 0 Å². The molecule has 160 valence electrons. The highest BCUT2D eigenvalue weighted by molar-refractivity contribution is 6.31. The van der Waals surface area contributed by atoms with Crippen LogP contribution >= 0.6 is 11.6 Å². The van der Waals surface area contributed by atoms with Crippen molar-refractivity contribution < 1.29 is 14.5 Å². The predicted molar refractivity (Wildman–Crippen MR) is 122 cm³/mol. The molecule has 0 amide bonds. The normalized spacial score (nSPS) is 19.7. The Morgan fingerprint density at radius 3 is 2.55 bits per heavy atom. The second-order valence-electron chi connectivity index (χ2n) is 8.16. The minimum atomic E-state index is -0.604. The summed E-state index contributed by atoms with van der Waals surface area (Å²) in [5.41, 5.74) is 1.63. The molecule has 0 aromatic heterocycles. The van der Waals surface area contributed by atoms with Gasteiger partial charge in [-0.15, -0.1) is 0 Å². The number of nitro groups is 1. The first-order valence-electron chi connectivity index (χ1n) is 10.6. The highest BCUT2D eigenvalue weighted by atomic mass is 35.5. The lowest BCUT2D eigenvalue weighted by atomic mass is 9.81. The summed E-state index contributed by atoms with van der Waals surface area (Å²) in [4.78, 5) is 23.4. The summed E-state index contributed by atoms with van der Waals surface area (Å²) in [5, 5.41) is 13.5. The lowest BCUT2D eigenvalue weighted by molar-refractivity contribution is -0.384. The van der Waals surface area contributed by atoms with Crippen molar-refractivity contribution >= 4 is 34.0 Å². The van der Waals surface area contributed by atoms with Crippen molar-refractivity contribution in [3.05, 3.63) is 86.9 Å². The zero-order chi connectivity index (χ0) is 22.0. The highest BCUT2D eigenvalue weighted by Gasteiger charge is 2.32. The van der Waals surface area contributed by atoms with E-state index in [0.29, 0.717) is 5.56 Å². The number of benzene rings is 3. The molecule has 0 spiro atoms. The molecule has 0 saturated heterocycles. The summed E-state index contributed by atoms with van der Waals surface area (Å²) >= 11 is 6.22. The first-order chi connectivity index (χ1) is 14.9. The van der Waals surface area contributed by atoms with Crippen LogP contribution in [0.5, 0.6) is 0 Å². The van der Waals surface area contributed by atoms with Crippen LogP contribution in [0.15, 0.2) is 60.7 Å². The molecule has 3 atom stereocenters. The minimum absolute atomic E-state index is 0.0991. The van der Waals surface area contributed by atoms with Crippen LogP contribution in [0.4, 0.5) is 5.69 Å². The largest absolute Gasteiger partial charge is 0.461 e. The van der Waals surface area contributed by atoms with Crippen LogP contribution < -0.4 is 0 Å². The maximum atomic E-state index is 13.0. The maximum Gasteiger partial charge on any atom is 0.313 e. The molecular weight excluding hydrogens is 414 g/mol. The molecule has 6 heteroatoms. The van der Waals surface area contributed by atoms with Crippen LogP contribution in [0.25, 0.3) is 10.8 Å². The molecule has 3 aromatic rings. The van der Waals surface area contributed by atoms with E-state index in [1.165, 1.54) is 34.5 Å². The van der Waals surface area contributed by atoms with Crippen molar-refractivity contribution in [2.75, 3.05) is 0 Å². The molecule has 1 saturated carbocycles. The second-order valence-corrected chi connectivity index (χ2v) is 8.56. The Morgan fingerprint density at radius 1 is 1.06 bits per heavy atom. The highest BCUT2D eigenvalue weighted by Crippen LogP contribution is 2.37. The van der Waals surface area contributed by atoms with E-state index in [-0.39, 0.29) is 28.7 Å². The van der Waals surface area contributed by atoms with Crippen molar-refractivity contribution in [3.63, 3.8) is 0 Å². The van der Waals surface area contributed by atoms with E-state index >= 15 is 0 Å². The fourth-order valence-corrected chi connectivity index (χ4v) is 4.76. The van der Waals surface area contributed by atoms with E-state index < -0.39 is 10.8 Å². The lowest BCUT2D eigenvalue weighted by Crippen LogP contribution is -2.30. The monoisotopic (exact) mass is 437 g/mol. The van der Waals surface area contributed by atoms with E-state index in [1.807, 2.05) is 12.1 Å². The number of carbonyl (C=O) groups is 1. The fourth-order valence-electron chi connectivity index (χ4n) is 4.42. The first-order valence-corrected chi connectivity index (χ1v) is 10.9. The van der Waals surface area contributed by atoms with E-state index in [0.717, 1.165) is 25.7 Å². The SMILES string of the molecule is C[C@H](C(=O)O[C@@H]1CCCC[C@H]1c1ccc2ccccc2c1)c1ccc([N+](=O)[O-])cc1Cl. The predicted octanol–water partition coefficient (Wildman–Crippen LogP) is 6.77. The number of hydrogen-bond acceptors (Lipinski definition) is 4. The number of nitrogens with zero attached hydrogens (tertiary/aromatic N) is 1. The molecule has 0 radical (unpaired) electrons. The van der Waals surface area contributed by atoms with Gasteiger partial charge in [0.15, 0.2) is 0 Å². The quantitative estimate of drug-likeness (QED) is 0.251. The van der Waals surface area contributed by atoms with Gasteiger partial charge in [0.25, 0.3) is 5.69 Å². The van der Waals surface area contributed by atoms with E-state index in [1.54, 1.807) is 6.92 Å². The van der Waals surface area contributed by atoms with Crippen LogP contribution in [-0.4, -0.2) is 17.0 Å². The topological polar surface area (TPSA) is 69.4 Å². The van der Waals surface area contributed by atoms with Crippen molar-refractivity contribution in [1.82, 2.24) is 0 Å². The first kappa shape index (κ1) is 21.3. The van der Waals surface area contributed by atoms with Gasteiger partial charge in [-0.2, -0.15) is 0 Å². The van der Waals surface area contributed by atoms with Gasteiger partial charge in [0.1, 0.15) is 6.10 Å². The lowest BCUT2D eigenvalue weighted by Gasteiger charge is -2.32. The van der Waals surface area contributed by atoms with Gasteiger partial charge in [0.2, 0.25) is 0 Å². The zero-order valence-electron chi connectivity index (χ0n) is 17.3. The summed E-state index contributed by atoms with van der Waals surface area (Å²) < 4.78 is 5.99. The third-order valence-corrected chi connectivity index (χ3v) is 6.51. The van der Waals surface area contributed by atoms with Gasteiger partial charge in [-0.1, -0.05) is 60.5 Å². The number of non-ortho nitro benzene ring substituents is 1. The number of ether oxygens (including phenoxy) is 1. The summed E-state index contributed by atoms with van der Waals surface area (Å²) in [5.74, 6) is -0.803. The van der Waals surface area contributed by atoms with Gasteiger partial charge in [0, 0.05) is 18.1 Å².